The van der Waals surface area contributed by atoms with Crippen LogP contribution in [0.4, 0.5) is 9.59 Å². The Morgan fingerprint density at radius 2 is 1.85 bits per heavy atom. The van der Waals surface area contributed by atoms with E-state index < -0.39 is 5.60 Å². The topological polar surface area (TPSA) is 68.3 Å². The lowest BCUT2D eigenvalue weighted by molar-refractivity contribution is -0.0366. The Morgan fingerprint density at radius 1 is 1.18 bits per heavy atom. The number of amides is 2. The van der Waals surface area contributed by atoms with Gasteiger partial charge < -0.3 is 24.0 Å². The van der Waals surface area contributed by atoms with Crippen molar-refractivity contribution in [1.29, 1.82) is 0 Å². The molecule has 1 saturated heterocycles. The third-order valence-corrected chi connectivity index (χ3v) is 7.20. The zero-order valence-corrected chi connectivity index (χ0v) is 21.9. The van der Waals surface area contributed by atoms with Gasteiger partial charge in [0.05, 0.1) is 0 Å². The van der Waals surface area contributed by atoms with E-state index in [0.29, 0.717) is 13.2 Å². The maximum atomic E-state index is 13.3. The first-order valence-corrected chi connectivity index (χ1v) is 12.4. The normalized spacial score (nSPS) is 26.5. The van der Waals surface area contributed by atoms with E-state index in [4.69, 9.17) is 14.2 Å². The van der Waals surface area contributed by atoms with Crippen molar-refractivity contribution in [2.75, 3.05) is 20.3 Å². The van der Waals surface area contributed by atoms with Gasteiger partial charge in [-0.15, -0.1) is 0 Å². The van der Waals surface area contributed by atoms with Crippen LogP contribution in [0.1, 0.15) is 72.8 Å². The molecule has 1 spiro atoms. The molecule has 2 unspecified atom stereocenters. The van der Waals surface area contributed by atoms with Crippen LogP contribution in [0.2, 0.25) is 0 Å². The largest absolute Gasteiger partial charge is 0.445 e. The van der Waals surface area contributed by atoms with Crippen molar-refractivity contribution in [1.82, 2.24) is 9.80 Å². The quantitative estimate of drug-likeness (QED) is 0.513. The molecule has 1 saturated carbocycles. The van der Waals surface area contributed by atoms with E-state index in [1.165, 1.54) is 0 Å². The van der Waals surface area contributed by atoms with Crippen molar-refractivity contribution in [3.8, 4) is 0 Å². The fourth-order valence-electron chi connectivity index (χ4n) is 5.07. The fourth-order valence-corrected chi connectivity index (χ4v) is 5.07. The van der Waals surface area contributed by atoms with Crippen LogP contribution in [0.25, 0.3) is 0 Å². The summed E-state index contributed by atoms with van der Waals surface area (Å²) >= 11 is 0. The van der Waals surface area contributed by atoms with Crippen LogP contribution < -0.4 is 0 Å². The van der Waals surface area contributed by atoms with E-state index in [1.54, 1.807) is 7.11 Å². The highest BCUT2D eigenvalue weighted by Crippen LogP contribution is 2.58. The molecule has 1 aliphatic carbocycles. The molecule has 0 N–H and O–H groups in total. The van der Waals surface area contributed by atoms with Crippen LogP contribution in [-0.4, -0.2) is 65.5 Å². The molecule has 3 rings (SSSR count). The number of benzene rings is 1. The number of carbonyl (C=O) groups excluding carboxylic acids is 2. The summed E-state index contributed by atoms with van der Waals surface area (Å²) in [7, 11) is 1.68. The van der Waals surface area contributed by atoms with Crippen LogP contribution in [0.5, 0.6) is 0 Å². The Labute approximate surface area is 204 Å². The van der Waals surface area contributed by atoms with Crippen molar-refractivity contribution in [2.45, 2.75) is 97.1 Å². The van der Waals surface area contributed by atoms with Crippen molar-refractivity contribution in [3.63, 3.8) is 0 Å². The molecule has 3 atom stereocenters. The second-order valence-electron chi connectivity index (χ2n) is 11.4. The molecule has 2 amide bonds. The van der Waals surface area contributed by atoms with E-state index >= 15 is 0 Å². The van der Waals surface area contributed by atoms with Crippen LogP contribution in [-0.2, 0) is 20.8 Å². The molecule has 1 aliphatic heterocycles. The first kappa shape index (κ1) is 26.3. The molecule has 7 nitrogen and oxygen atoms in total. The summed E-state index contributed by atoms with van der Waals surface area (Å²) < 4.78 is 16.8. The molecule has 1 aromatic carbocycles. The van der Waals surface area contributed by atoms with Gasteiger partial charge in [0.15, 0.2) is 0 Å². The maximum absolute atomic E-state index is 13.3. The van der Waals surface area contributed by atoms with Gasteiger partial charge in [0.2, 0.25) is 0 Å². The highest BCUT2D eigenvalue weighted by Gasteiger charge is 2.63. The van der Waals surface area contributed by atoms with Crippen molar-refractivity contribution in [2.24, 2.45) is 5.41 Å². The lowest BCUT2D eigenvalue weighted by Crippen LogP contribution is -2.58. The van der Waals surface area contributed by atoms with Gasteiger partial charge in [0.1, 0.15) is 12.2 Å². The smallest absolute Gasteiger partial charge is 0.410 e. The Kier molecular flexibility index (Phi) is 7.85. The second-order valence-corrected chi connectivity index (χ2v) is 11.4. The van der Waals surface area contributed by atoms with E-state index in [0.717, 1.165) is 31.2 Å². The minimum absolute atomic E-state index is 0.00410. The Morgan fingerprint density at radius 3 is 2.44 bits per heavy atom. The SMILES string of the molecule is COCCC1(C)CC[C@@]2(CC2N(C(=O)OCc2ccccc2)C(C)C)CN1C(=O)OC(C)(C)C. The summed E-state index contributed by atoms with van der Waals surface area (Å²) in [5.41, 5.74) is -0.0714. The molecule has 1 heterocycles. The number of hydrogen-bond acceptors (Lipinski definition) is 5. The van der Waals surface area contributed by atoms with Gasteiger partial charge in [-0.3, -0.25) is 0 Å². The van der Waals surface area contributed by atoms with Crippen molar-refractivity contribution in [3.05, 3.63) is 35.9 Å². The number of rotatable bonds is 7. The minimum Gasteiger partial charge on any atom is -0.445 e. The van der Waals surface area contributed by atoms with Crippen molar-refractivity contribution >= 4 is 12.2 Å². The summed E-state index contributed by atoms with van der Waals surface area (Å²) in [6.45, 7) is 13.2. The molecule has 190 valence electrons. The van der Waals surface area contributed by atoms with Crippen LogP contribution in [0.15, 0.2) is 30.3 Å². The zero-order chi connectivity index (χ0) is 25.1. The lowest BCUT2D eigenvalue weighted by Gasteiger charge is -2.48. The molecule has 7 heteroatoms. The van der Waals surface area contributed by atoms with E-state index in [9.17, 15) is 9.59 Å². The maximum Gasteiger partial charge on any atom is 0.410 e. The summed E-state index contributed by atoms with van der Waals surface area (Å²) in [5.74, 6) is 0. The first-order chi connectivity index (χ1) is 15.9. The monoisotopic (exact) mass is 474 g/mol. The predicted octanol–water partition coefficient (Wildman–Crippen LogP) is 5.62. The van der Waals surface area contributed by atoms with E-state index in [-0.39, 0.29) is 41.8 Å². The lowest BCUT2D eigenvalue weighted by atomic mass is 9.79. The number of ether oxygens (including phenoxy) is 3. The van der Waals surface area contributed by atoms with Gasteiger partial charge in [-0.2, -0.15) is 0 Å². The van der Waals surface area contributed by atoms with Crippen molar-refractivity contribution < 1.29 is 23.8 Å². The predicted molar refractivity (Wildman–Crippen MR) is 132 cm³/mol. The Balaban J connectivity index is 1.74. The molecule has 0 bridgehead atoms. The molecule has 1 aromatic rings. The molecular weight excluding hydrogens is 432 g/mol. The standard InChI is InChI=1S/C27H42N2O5/c1-20(2)29(24(31)33-18-21-11-9-8-10-12-21)22-17-27(22)14-13-26(6,15-16-32-7)28(19-27)23(30)34-25(3,4)5/h8-12,20,22H,13-19H2,1-7H3/t22?,26?,27-/m1/s1. The highest BCUT2D eigenvalue weighted by atomic mass is 16.6. The van der Waals surface area contributed by atoms with Crippen LogP contribution in [0.3, 0.4) is 0 Å². The summed E-state index contributed by atoms with van der Waals surface area (Å²) in [6.07, 6.45) is 2.82. The number of methoxy groups -OCH3 is 1. The molecule has 2 fully saturated rings. The average Bonchev–Trinajstić information content (AvgIpc) is 3.44. The fraction of sp³-hybridized carbons (Fsp3) is 0.704. The zero-order valence-electron chi connectivity index (χ0n) is 21.9. The van der Waals surface area contributed by atoms with Crippen LogP contribution >= 0.6 is 0 Å². The minimum atomic E-state index is -0.571. The Bertz CT molecular complexity index is 852. The van der Waals surface area contributed by atoms with Gasteiger partial charge in [0, 0.05) is 43.3 Å². The second kappa shape index (κ2) is 10.1. The summed E-state index contributed by atoms with van der Waals surface area (Å²) in [4.78, 5) is 30.2. The molecule has 0 radical (unpaired) electrons. The number of nitrogens with zero attached hydrogens (tertiary/aromatic N) is 2. The molecule has 34 heavy (non-hydrogen) atoms. The number of likely N-dealkylation sites (tertiary alicyclic amines) is 1. The van der Waals surface area contributed by atoms with Gasteiger partial charge in [-0.1, -0.05) is 30.3 Å². The number of hydrogen-bond donors (Lipinski definition) is 0. The van der Waals surface area contributed by atoms with E-state index in [1.807, 2.05) is 74.8 Å². The number of carbonyl (C=O) groups is 2. The molecule has 2 aliphatic rings. The highest BCUT2D eigenvalue weighted by molar-refractivity contribution is 5.71. The van der Waals surface area contributed by atoms with Gasteiger partial charge >= 0.3 is 12.2 Å². The first-order valence-electron chi connectivity index (χ1n) is 12.4. The van der Waals surface area contributed by atoms with Crippen LogP contribution in [0, 0.1) is 5.41 Å². The summed E-state index contributed by atoms with van der Waals surface area (Å²) in [6, 6.07) is 9.77. The summed E-state index contributed by atoms with van der Waals surface area (Å²) in [5, 5.41) is 0. The third-order valence-electron chi connectivity index (χ3n) is 7.20. The molecule has 0 aromatic heterocycles. The third kappa shape index (κ3) is 6.04. The van der Waals surface area contributed by atoms with Gasteiger partial charge in [0.25, 0.3) is 0 Å². The van der Waals surface area contributed by atoms with Gasteiger partial charge in [-0.05, 0) is 72.8 Å². The average molecular weight is 475 g/mol. The van der Waals surface area contributed by atoms with Gasteiger partial charge in [-0.25, -0.2) is 9.59 Å². The Hall–Kier alpha value is -2.28. The number of piperidine rings is 1. The van der Waals surface area contributed by atoms with E-state index in [2.05, 4.69) is 6.92 Å². The molecular formula is C27H42N2O5.